The van der Waals surface area contributed by atoms with E-state index in [4.69, 9.17) is 21.1 Å². The highest BCUT2D eigenvalue weighted by atomic mass is 16.5. The maximum atomic E-state index is 12.8. The minimum atomic E-state index is -0.386. The summed E-state index contributed by atoms with van der Waals surface area (Å²) in [5.41, 5.74) is 9.90. The number of pyridine rings is 2. The van der Waals surface area contributed by atoms with Gasteiger partial charge in [-0.25, -0.2) is 9.97 Å². The number of carbonyl (C=O) groups is 2. The van der Waals surface area contributed by atoms with Gasteiger partial charge in [-0.3, -0.25) is 15.0 Å². The van der Waals surface area contributed by atoms with E-state index in [0.717, 1.165) is 31.2 Å². The molecule has 1 fully saturated rings. The van der Waals surface area contributed by atoms with Crippen molar-refractivity contribution in [3.05, 3.63) is 82.7 Å². The van der Waals surface area contributed by atoms with Crippen LogP contribution in [-0.4, -0.2) is 52.8 Å². The van der Waals surface area contributed by atoms with Crippen LogP contribution in [0.25, 0.3) is 6.08 Å². The van der Waals surface area contributed by atoms with Crippen LogP contribution >= 0.6 is 0 Å². The first-order chi connectivity index (χ1) is 20.9. The lowest BCUT2D eigenvalue weighted by Gasteiger charge is -2.32. The minimum absolute atomic E-state index is 0.00328. The van der Waals surface area contributed by atoms with Gasteiger partial charge in [0.2, 0.25) is 5.91 Å². The van der Waals surface area contributed by atoms with Gasteiger partial charge in [0.1, 0.15) is 11.6 Å². The van der Waals surface area contributed by atoms with Crippen molar-refractivity contribution in [2.45, 2.75) is 50.6 Å². The van der Waals surface area contributed by atoms with Gasteiger partial charge in [-0.2, -0.15) is 5.26 Å². The number of nitrogens with zero attached hydrogens (tertiary/aromatic N) is 3. The zero-order valence-electron chi connectivity index (χ0n) is 23.7. The first kappa shape index (κ1) is 29.4. The molecule has 2 bridgehead atoms. The molecule has 1 aliphatic carbocycles. The van der Waals surface area contributed by atoms with Crippen molar-refractivity contribution in [3.8, 4) is 6.07 Å². The normalized spacial score (nSPS) is 19.7. The molecular formula is C32H34N8O3. The van der Waals surface area contributed by atoms with Gasteiger partial charge in [0.05, 0.1) is 41.8 Å². The summed E-state index contributed by atoms with van der Waals surface area (Å²) in [5, 5.41) is 27.7. The quantitative estimate of drug-likeness (QED) is 0.285. The van der Waals surface area contributed by atoms with Crippen LogP contribution in [0.4, 0.5) is 17.3 Å². The van der Waals surface area contributed by atoms with Crippen LogP contribution in [0, 0.1) is 16.7 Å². The smallest absolute Gasteiger partial charge is 0.256 e. The molecule has 3 heterocycles. The molecule has 6 N–H and O–H groups in total. The molecule has 11 heteroatoms. The van der Waals surface area contributed by atoms with Gasteiger partial charge >= 0.3 is 0 Å². The highest BCUT2D eigenvalue weighted by molar-refractivity contribution is 6.17. The predicted molar refractivity (Wildman–Crippen MR) is 165 cm³/mol. The molecule has 0 spiro atoms. The third-order valence-electron chi connectivity index (χ3n) is 7.54. The number of nitrogens with two attached hydrogens (primary N) is 1. The Labute approximate surface area is 250 Å². The topological polar surface area (TPSA) is 179 Å². The summed E-state index contributed by atoms with van der Waals surface area (Å²) >= 11 is 0. The summed E-state index contributed by atoms with van der Waals surface area (Å²) in [6.45, 7) is 0.874. The Bertz CT molecular complexity index is 1580. The van der Waals surface area contributed by atoms with Crippen molar-refractivity contribution in [3.63, 3.8) is 0 Å². The van der Waals surface area contributed by atoms with Gasteiger partial charge in [0.25, 0.3) is 5.91 Å². The van der Waals surface area contributed by atoms with Gasteiger partial charge in [-0.15, -0.1) is 0 Å². The second-order valence-corrected chi connectivity index (χ2v) is 10.6. The standard InChI is InChI=1S/C32H34N8O3/c33-18-20-11-13-36-26(16-20)40-32(42)22-9-7-21(8-10-22)29(34)28-30-23(19-37-31(28)35)4-1-2-14-43-15-12-27(41)38-24-5-3-6-25(17-24)39-30/h1,4,7-11,13,16,19,24-25,34,39H,2-3,5-6,12,14-15,17H2,(H2,35,37)(H,38,41)(H,36,40,42)/b4-1+,34-29?/t24-,25-/m1/s1. The van der Waals surface area contributed by atoms with E-state index in [-0.39, 0.29) is 41.2 Å². The Morgan fingerprint density at radius 2 is 1.86 bits per heavy atom. The van der Waals surface area contributed by atoms with E-state index >= 15 is 0 Å². The third-order valence-corrected chi connectivity index (χ3v) is 7.54. The number of amides is 2. The maximum Gasteiger partial charge on any atom is 0.256 e. The van der Waals surface area contributed by atoms with Gasteiger partial charge in [-0.05, 0) is 56.4 Å². The Balaban J connectivity index is 1.42. The number of anilines is 3. The first-order valence-electron chi connectivity index (χ1n) is 14.4. The number of aromatic nitrogens is 2. The summed E-state index contributed by atoms with van der Waals surface area (Å²) < 4.78 is 5.64. The van der Waals surface area contributed by atoms with Gasteiger partial charge in [0, 0.05) is 47.6 Å². The zero-order valence-corrected chi connectivity index (χ0v) is 23.7. The monoisotopic (exact) mass is 578 g/mol. The van der Waals surface area contributed by atoms with Crippen LogP contribution in [-0.2, 0) is 9.53 Å². The molecule has 1 aromatic carbocycles. The van der Waals surface area contributed by atoms with Crippen LogP contribution in [0.15, 0.2) is 54.9 Å². The minimum Gasteiger partial charge on any atom is -0.383 e. The van der Waals surface area contributed by atoms with E-state index in [1.54, 1.807) is 36.5 Å². The van der Waals surface area contributed by atoms with Crippen LogP contribution < -0.4 is 21.7 Å². The fourth-order valence-corrected chi connectivity index (χ4v) is 5.35. The van der Waals surface area contributed by atoms with Gasteiger partial charge in [0.15, 0.2) is 0 Å². The van der Waals surface area contributed by atoms with Gasteiger partial charge < -0.3 is 26.4 Å². The molecule has 5 rings (SSSR count). The van der Waals surface area contributed by atoms with Crippen LogP contribution in [0.5, 0.6) is 0 Å². The lowest BCUT2D eigenvalue weighted by Crippen LogP contribution is -2.42. The summed E-state index contributed by atoms with van der Waals surface area (Å²) in [5.74, 6) is 0.106. The number of ether oxygens (including phenoxy) is 1. The second kappa shape index (κ2) is 13.7. The molecule has 1 saturated carbocycles. The molecule has 2 atom stereocenters. The largest absolute Gasteiger partial charge is 0.383 e. The molecule has 0 unspecified atom stereocenters. The molecule has 11 nitrogen and oxygen atoms in total. The molecule has 220 valence electrons. The van der Waals surface area contributed by atoms with E-state index in [2.05, 4.69) is 25.9 Å². The number of nitrogens with one attached hydrogen (secondary N) is 4. The van der Waals surface area contributed by atoms with Crippen molar-refractivity contribution in [2.75, 3.05) is 29.6 Å². The summed E-state index contributed by atoms with van der Waals surface area (Å²) in [7, 11) is 0. The highest BCUT2D eigenvalue weighted by Gasteiger charge is 2.26. The van der Waals surface area contributed by atoms with E-state index < -0.39 is 0 Å². The summed E-state index contributed by atoms with van der Waals surface area (Å²) in [4.78, 5) is 33.7. The van der Waals surface area contributed by atoms with Crippen LogP contribution in [0.3, 0.4) is 0 Å². The number of fused-ring (bicyclic) bond motifs is 3. The number of hydrogen-bond acceptors (Lipinski definition) is 9. The average Bonchev–Trinajstić information content (AvgIpc) is 3.01. The molecule has 2 aliphatic rings. The maximum absolute atomic E-state index is 12.8. The van der Waals surface area contributed by atoms with Crippen molar-refractivity contribution in [1.29, 1.82) is 10.7 Å². The molecule has 0 radical (unpaired) electrons. The van der Waals surface area contributed by atoms with Crippen molar-refractivity contribution in [1.82, 2.24) is 15.3 Å². The Morgan fingerprint density at radius 1 is 1.09 bits per heavy atom. The fraction of sp³-hybridized carbons (Fsp3) is 0.312. The van der Waals surface area contributed by atoms with E-state index in [1.165, 1.54) is 12.3 Å². The molecule has 1 aliphatic heterocycles. The number of nitrogen functional groups attached to an aromatic ring is 1. The molecule has 3 aromatic rings. The zero-order chi connectivity index (χ0) is 30.2. The molecule has 0 saturated heterocycles. The summed E-state index contributed by atoms with van der Waals surface area (Å²) in [6, 6.07) is 11.9. The Kier molecular flexibility index (Phi) is 9.39. The van der Waals surface area contributed by atoms with Crippen LogP contribution in [0.1, 0.15) is 71.1 Å². The lowest BCUT2D eigenvalue weighted by atomic mass is 9.89. The Hall–Kier alpha value is -5.08. The molecule has 2 amide bonds. The van der Waals surface area contributed by atoms with Crippen molar-refractivity contribution >= 4 is 40.9 Å². The first-order valence-corrected chi connectivity index (χ1v) is 14.4. The molecular weight excluding hydrogens is 544 g/mol. The summed E-state index contributed by atoms with van der Waals surface area (Å²) in [6.07, 6.45) is 11.6. The Morgan fingerprint density at radius 3 is 2.65 bits per heavy atom. The molecule has 43 heavy (non-hydrogen) atoms. The lowest BCUT2D eigenvalue weighted by molar-refractivity contribution is -0.123. The van der Waals surface area contributed by atoms with E-state index in [1.807, 2.05) is 18.2 Å². The number of benzene rings is 1. The SMILES string of the molecule is N#Cc1ccnc(NC(=O)c2ccc(C(=N)c3c(N)ncc4c3N[C@@H]3CCC[C@H](C3)NC(=O)CCOCC/C=C/4)cc2)c1. The predicted octanol–water partition coefficient (Wildman–Crippen LogP) is 4.26. The third kappa shape index (κ3) is 7.42. The molecule has 2 aromatic heterocycles. The highest BCUT2D eigenvalue weighted by Crippen LogP contribution is 2.32. The fourth-order valence-electron chi connectivity index (χ4n) is 5.35. The van der Waals surface area contributed by atoms with E-state index in [0.29, 0.717) is 54.0 Å². The van der Waals surface area contributed by atoms with Crippen LogP contribution in [0.2, 0.25) is 0 Å². The van der Waals surface area contributed by atoms with Gasteiger partial charge in [-0.1, -0.05) is 24.3 Å². The number of nitriles is 1. The van der Waals surface area contributed by atoms with Crippen molar-refractivity contribution in [2.24, 2.45) is 0 Å². The average molecular weight is 579 g/mol. The second-order valence-electron chi connectivity index (χ2n) is 10.6. The van der Waals surface area contributed by atoms with Crippen molar-refractivity contribution < 1.29 is 14.3 Å². The van der Waals surface area contributed by atoms with E-state index in [9.17, 15) is 9.59 Å². The number of rotatable bonds is 4. The number of hydrogen-bond donors (Lipinski definition) is 5. The number of carbonyl (C=O) groups excluding carboxylic acids is 2.